The molecule has 4 nitrogen and oxygen atoms in total. The van der Waals surface area contributed by atoms with E-state index in [-0.39, 0.29) is 12.1 Å². The number of hydrogen-bond donors (Lipinski definition) is 3. The summed E-state index contributed by atoms with van der Waals surface area (Å²) in [6, 6.07) is 7.48. The van der Waals surface area contributed by atoms with Gasteiger partial charge in [-0.25, -0.2) is 4.79 Å². The highest BCUT2D eigenvalue weighted by atomic mass is 16.2. The van der Waals surface area contributed by atoms with Gasteiger partial charge in [0.15, 0.2) is 0 Å². The summed E-state index contributed by atoms with van der Waals surface area (Å²) in [5, 5.41) is 5.79. The van der Waals surface area contributed by atoms with Gasteiger partial charge in [-0.1, -0.05) is 25.5 Å². The van der Waals surface area contributed by atoms with Crippen molar-refractivity contribution in [1.29, 1.82) is 0 Å². The van der Waals surface area contributed by atoms with Crippen molar-refractivity contribution in [3.05, 3.63) is 29.8 Å². The topological polar surface area (TPSA) is 67.1 Å². The number of rotatable bonds is 4. The zero-order valence-electron chi connectivity index (χ0n) is 11.7. The first-order valence-electron chi connectivity index (χ1n) is 6.89. The van der Waals surface area contributed by atoms with Crippen molar-refractivity contribution in [2.45, 2.75) is 39.2 Å². The SMILES string of the molecule is CC(N)c1cccc(NC(=O)NCC2(C)CCC2)c1. The summed E-state index contributed by atoms with van der Waals surface area (Å²) < 4.78 is 0. The molecule has 0 heterocycles. The summed E-state index contributed by atoms with van der Waals surface area (Å²) in [5.41, 5.74) is 7.92. The predicted octanol–water partition coefficient (Wildman–Crippen LogP) is 3.02. The molecule has 1 saturated carbocycles. The lowest BCUT2D eigenvalue weighted by Gasteiger charge is -2.38. The van der Waals surface area contributed by atoms with Crippen LogP contribution in [0.15, 0.2) is 24.3 Å². The molecule has 1 aromatic rings. The monoisotopic (exact) mass is 261 g/mol. The van der Waals surface area contributed by atoms with Crippen molar-refractivity contribution >= 4 is 11.7 Å². The number of carbonyl (C=O) groups excluding carboxylic acids is 1. The van der Waals surface area contributed by atoms with Crippen LogP contribution in [0, 0.1) is 5.41 Å². The molecule has 2 rings (SSSR count). The van der Waals surface area contributed by atoms with Gasteiger partial charge in [-0.05, 0) is 42.9 Å². The zero-order chi connectivity index (χ0) is 13.9. The molecule has 4 heteroatoms. The second-order valence-electron chi connectivity index (χ2n) is 5.89. The minimum Gasteiger partial charge on any atom is -0.337 e. The molecule has 1 aliphatic rings. The highest BCUT2D eigenvalue weighted by Gasteiger charge is 2.31. The number of anilines is 1. The highest BCUT2D eigenvalue weighted by molar-refractivity contribution is 5.89. The van der Waals surface area contributed by atoms with E-state index in [4.69, 9.17) is 5.73 Å². The van der Waals surface area contributed by atoms with Crippen LogP contribution in [0.4, 0.5) is 10.5 Å². The van der Waals surface area contributed by atoms with Crippen molar-refractivity contribution in [1.82, 2.24) is 5.32 Å². The molecule has 0 spiro atoms. The molecular weight excluding hydrogens is 238 g/mol. The third-order valence-electron chi connectivity index (χ3n) is 3.91. The zero-order valence-corrected chi connectivity index (χ0v) is 11.7. The van der Waals surface area contributed by atoms with Crippen LogP contribution in [-0.4, -0.2) is 12.6 Å². The number of urea groups is 1. The molecule has 0 radical (unpaired) electrons. The quantitative estimate of drug-likeness (QED) is 0.780. The van der Waals surface area contributed by atoms with Crippen LogP contribution in [0.5, 0.6) is 0 Å². The Morgan fingerprint density at radius 1 is 1.47 bits per heavy atom. The molecule has 19 heavy (non-hydrogen) atoms. The third-order valence-corrected chi connectivity index (χ3v) is 3.91. The Morgan fingerprint density at radius 3 is 2.79 bits per heavy atom. The second-order valence-corrected chi connectivity index (χ2v) is 5.89. The number of amides is 2. The molecule has 1 unspecified atom stereocenters. The van der Waals surface area contributed by atoms with Gasteiger partial charge < -0.3 is 16.4 Å². The number of hydrogen-bond acceptors (Lipinski definition) is 2. The number of nitrogens with one attached hydrogen (secondary N) is 2. The smallest absolute Gasteiger partial charge is 0.319 e. The van der Waals surface area contributed by atoms with Crippen LogP contribution in [0.25, 0.3) is 0 Å². The summed E-state index contributed by atoms with van der Waals surface area (Å²) in [4.78, 5) is 11.8. The van der Waals surface area contributed by atoms with Crippen LogP contribution in [-0.2, 0) is 0 Å². The summed E-state index contributed by atoms with van der Waals surface area (Å²) >= 11 is 0. The first-order chi connectivity index (χ1) is 8.98. The maximum absolute atomic E-state index is 11.8. The van der Waals surface area contributed by atoms with Crippen LogP contribution in [0.1, 0.15) is 44.7 Å². The summed E-state index contributed by atoms with van der Waals surface area (Å²) in [6.45, 7) is 4.88. The molecule has 0 aromatic heterocycles. The molecule has 104 valence electrons. The molecule has 1 aliphatic carbocycles. The van der Waals surface area contributed by atoms with Crippen molar-refractivity contribution in [3.63, 3.8) is 0 Å². The lowest BCUT2D eigenvalue weighted by atomic mass is 9.70. The lowest BCUT2D eigenvalue weighted by Crippen LogP contribution is -2.41. The molecule has 0 bridgehead atoms. The highest BCUT2D eigenvalue weighted by Crippen LogP contribution is 2.39. The molecule has 0 saturated heterocycles. The first-order valence-corrected chi connectivity index (χ1v) is 6.89. The van der Waals surface area contributed by atoms with E-state index in [2.05, 4.69) is 17.6 Å². The maximum Gasteiger partial charge on any atom is 0.319 e. The van der Waals surface area contributed by atoms with Gasteiger partial charge in [-0.3, -0.25) is 0 Å². The Hall–Kier alpha value is -1.55. The fourth-order valence-corrected chi connectivity index (χ4v) is 2.33. The van der Waals surface area contributed by atoms with E-state index in [1.165, 1.54) is 19.3 Å². The Bertz CT molecular complexity index is 452. The average Bonchev–Trinajstić information content (AvgIpc) is 2.34. The van der Waals surface area contributed by atoms with Gasteiger partial charge >= 0.3 is 6.03 Å². The summed E-state index contributed by atoms with van der Waals surface area (Å²) in [7, 11) is 0. The number of benzene rings is 1. The van der Waals surface area contributed by atoms with E-state index in [9.17, 15) is 4.79 Å². The fraction of sp³-hybridized carbons (Fsp3) is 0.533. The normalized spacial score (nSPS) is 18.3. The minimum atomic E-state index is -0.144. The Labute approximate surface area is 114 Å². The van der Waals surface area contributed by atoms with Crippen LogP contribution >= 0.6 is 0 Å². The van der Waals surface area contributed by atoms with Crippen molar-refractivity contribution in [2.75, 3.05) is 11.9 Å². The van der Waals surface area contributed by atoms with E-state index in [1.807, 2.05) is 31.2 Å². The van der Waals surface area contributed by atoms with Gasteiger partial charge in [0.05, 0.1) is 0 Å². The van der Waals surface area contributed by atoms with Crippen LogP contribution in [0.2, 0.25) is 0 Å². The maximum atomic E-state index is 11.8. The van der Waals surface area contributed by atoms with E-state index in [1.54, 1.807) is 0 Å². The van der Waals surface area contributed by atoms with Gasteiger partial charge in [0, 0.05) is 18.3 Å². The summed E-state index contributed by atoms with van der Waals surface area (Å²) in [6.07, 6.45) is 3.68. The van der Waals surface area contributed by atoms with Gasteiger partial charge in [0.2, 0.25) is 0 Å². The van der Waals surface area contributed by atoms with E-state index < -0.39 is 0 Å². The van der Waals surface area contributed by atoms with Gasteiger partial charge in [0.1, 0.15) is 0 Å². The summed E-state index contributed by atoms with van der Waals surface area (Å²) in [5.74, 6) is 0. The standard InChI is InChI=1S/C15H23N3O/c1-11(16)12-5-3-6-13(9-12)18-14(19)17-10-15(2)7-4-8-15/h3,5-6,9,11H,4,7-8,10,16H2,1-2H3,(H2,17,18,19). The average molecular weight is 261 g/mol. The van der Waals surface area contributed by atoms with Crippen LogP contribution < -0.4 is 16.4 Å². The Morgan fingerprint density at radius 2 is 2.21 bits per heavy atom. The largest absolute Gasteiger partial charge is 0.337 e. The Kier molecular flexibility index (Phi) is 4.10. The predicted molar refractivity (Wildman–Crippen MR) is 78.0 cm³/mol. The lowest BCUT2D eigenvalue weighted by molar-refractivity contribution is 0.159. The van der Waals surface area contributed by atoms with Crippen molar-refractivity contribution in [2.24, 2.45) is 11.1 Å². The first kappa shape index (κ1) is 13.9. The van der Waals surface area contributed by atoms with E-state index in [0.29, 0.717) is 5.41 Å². The van der Waals surface area contributed by atoms with Gasteiger partial charge in [-0.15, -0.1) is 0 Å². The van der Waals surface area contributed by atoms with Crippen LogP contribution in [0.3, 0.4) is 0 Å². The molecule has 2 amide bonds. The van der Waals surface area contributed by atoms with E-state index in [0.717, 1.165) is 17.8 Å². The van der Waals surface area contributed by atoms with E-state index >= 15 is 0 Å². The molecule has 1 atom stereocenters. The second kappa shape index (κ2) is 5.61. The number of nitrogens with two attached hydrogens (primary N) is 1. The molecule has 1 fully saturated rings. The molecule has 1 aromatic carbocycles. The number of carbonyl (C=O) groups is 1. The molecular formula is C15H23N3O. The third kappa shape index (κ3) is 3.70. The minimum absolute atomic E-state index is 0.0290. The van der Waals surface area contributed by atoms with Crippen molar-refractivity contribution in [3.8, 4) is 0 Å². The fourth-order valence-electron chi connectivity index (χ4n) is 2.33. The molecule has 0 aliphatic heterocycles. The van der Waals surface area contributed by atoms with Gasteiger partial charge in [-0.2, -0.15) is 0 Å². The van der Waals surface area contributed by atoms with Crippen molar-refractivity contribution < 1.29 is 4.79 Å². The van der Waals surface area contributed by atoms with Gasteiger partial charge in [0.25, 0.3) is 0 Å². The molecule has 4 N–H and O–H groups in total. The Balaban J connectivity index is 1.86.